The second kappa shape index (κ2) is 10.4. The average molecular weight is 412 g/mol. The van der Waals surface area contributed by atoms with E-state index < -0.39 is 0 Å². The number of carbonyl (C=O) groups excluding carboxylic acids is 1. The van der Waals surface area contributed by atoms with E-state index in [0.29, 0.717) is 5.92 Å². The normalized spacial score (nSPS) is 15.8. The number of amides is 1. The van der Waals surface area contributed by atoms with Crippen molar-refractivity contribution in [3.8, 4) is 5.75 Å². The highest BCUT2D eigenvalue weighted by Gasteiger charge is 2.25. The lowest BCUT2D eigenvalue weighted by Crippen LogP contribution is -2.31. The van der Waals surface area contributed by atoms with Crippen molar-refractivity contribution in [2.24, 2.45) is 5.92 Å². The van der Waals surface area contributed by atoms with Gasteiger partial charge in [-0.05, 0) is 18.4 Å². The van der Waals surface area contributed by atoms with Crippen molar-refractivity contribution >= 4 is 12.0 Å². The van der Waals surface area contributed by atoms with Gasteiger partial charge in [0.25, 0.3) is 0 Å². The first kappa shape index (κ1) is 22.0. The van der Waals surface area contributed by atoms with E-state index in [4.69, 9.17) is 4.74 Å². The molecule has 0 radical (unpaired) electrons. The van der Waals surface area contributed by atoms with Crippen molar-refractivity contribution in [2.75, 3.05) is 26.7 Å². The maximum atomic E-state index is 11.7. The maximum Gasteiger partial charge on any atom is 0.217 e. The van der Waals surface area contributed by atoms with Gasteiger partial charge < -0.3 is 14.6 Å². The SMILES string of the molecule is COc1ccccc1C=CCN1CCc2nnc(C(CC(C)C)NC(C)=O)n2CC1. The lowest BCUT2D eigenvalue weighted by atomic mass is 10.0. The van der Waals surface area contributed by atoms with Crippen LogP contribution < -0.4 is 10.1 Å². The molecule has 30 heavy (non-hydrogen) atoms. The highest BCUT2D eigenvalue weighted by atomic mass is 16.5. The fourth-order valence-electron chi connectivity index (χ4n) is 3.91. The highest BCUT2D eigenvalue weighted by Crippen LogP contribution is 2.22. The first-order valence-electron chi connectivity index (χ1n) is 10.7. The van der Waals surface area contributed by atoms with Gasteiger partial charge in [0.2, 0.25) is 5.91 Å². The van der Waals surface area contributed by atoms with Gasteiger partial charge in [0, 0.05) is 45.1 Å². The Kier molecular flexibility index (Phi) is 7.63. The van der Waals surface area contributed by atoms with Crippen LogP contribution in [0.3, 0.4) is 0 Å². The van der Waals surface area contributed by atoms with E-state index >= 15 is 0 Å². The Morgan fingerprint density at radius 2 is 2.03 bits per heavy atom. The largest absolute Gasteiger partial charge is 0.496 e. The molecule has 7 nitrogen and oxygen atoms in total. The molecule has 0 aliphatic carbocycles. The van der Waals surface area contributed by atoms with E-state index in [1.54, 1.807) is 14.0 Å². The van der Waals surface area contributed by atoms with Gasteiger partial charge in [-0.3, -0.25) is 9.69 Å². The van der Waals surface area contributed by atoms with Crippen molar-refractivity contribution in [1.29, 1.82) is 0 Å². The lowest BCUT2D eigenvalue weighted by molar-refractivity contribution is -0.119. The Balaban J connectivity index is 1.65. The third kappa shape index (κ3) is 5.69. The summed E-state index contributed by atoms with van der Waals surface area (Å²) in [6.07, 6.45) is 6.00. The molecule has 2 heterocycles. The van der Waals surface area contributed by atoms with E-state index in [-0.39, 0.29) is 11.9 Å². The smallest absolute Gasteiger partial charge is 0.217 e. The van der Waals surface area contributed by atoms with Crippen LogP contribution in [0.1, 0.15) is 50.4 Å². The zero-order valence-corrected chi connectivity index (χ0v) is 18.5. The summed E-state index contributed by atoms with van der Waals surface area (Å²) in [6, 6.07) is 7.93. The van der Waals surface area contributed by atoms with Crippen LogP contribution in [0.15, 0.2) is 30.3 Å². The molecule has 0 bridgehead atoms. The predicted molar refractivity (Wildman–Crippen MR) is 118 cm³/mol. The molecule has 1 N–H and O–H groups in total. The topological polar surface area (TPSA) is 72.3 Å². The second-order valence-electron chi connectivity index (χ2n) is 8.20. The second-order valence-corrected chi connectivity index (χ2v) is 8.20. The molecular weight excluding hydrogens is 378 g/mol. The number of aromatic nitrogens is 3. The van der Waals surface area contributed by atoms with Crippen LogP contribution in [0.4, 0.5) is 0 Å². The first-order chi connectivity index (χ1) is 14.5. The molecule has 0 saturated heterocycles. The van der Waals surface area contributed by atoms with Crippen LogP contribution in [0.5, 0.6) is 5.75 Å². The number of benzene rings is 1. The van der Waals surface area contributed by atoms with Gasteiger partial charge in [-0.15, -0.1) is 10.2 Å². The Bertz CT molecular complexity index is 874. The summed E-state index contributed by atoms with van der Waals surface area (Å²) in [7, 11) is 1.70. The molecular formula is C23H33N5O2. The van der Waals surface area contributed by atoms with Crippen molar-refractivity contribution in [1.82, 2.24) is 25.0 Å². The summed E-state index contributed by atoms with van der Waals surface area (Å²) in [5.74, 6) is 3.18. The molecule has 1 aliphatic rings. The number of carbonyl (C=O) groups is 1. The van der Waals surface area contributed by atoms with E-state index in [9.17, 15) is 4.79 Å². The highest BCUT2D eigenvalue weighted by molar-refractivity contribution is 5.73. The van der Waals surface area contributed by atoms with Crippen LogP contribution in [0, 0.1) is 5.92 Å². The van der Waals surface area contributed by atoms with Crippen molar-refractivity contribution < 1.29 is 9.53 Å². The molecule has 1 atom stereocenters. The molecule has 162 valence electrons. The lowest BCUT2D eigenvalue weighted by Gasteiger charge is -2.21. The minimum atomic E-state index is -0.0965. The number of nitrogens with zero attached hydrogens (tertiary/aromatic N) is 4. The summed E-state index contributed by atoms with van der Waals surface area (Å²) in [6.45, 7) is 9.42. The third-order valence-electron chi connectivity index (χ3n) is 5.34. The number of rotatable bonds is 8. The molecule has 7 heteroatoms. The van der Waals surface area contributed by atoms with Gasteiger partial charge in [-0.25, -0.2) is 0 Å². The van der Waals surface area contributed by atoms with Crippen LogP contribution in [0.2, 0.25) is 0 Å². The molecule has 3 rings (SSSR count). The Hall–Kier alpha value is -2.67. The molecule has 1 amide bonds. The summed E-state index contributed by atoms with van der Waals surface area (Å²) in [5, 5.41) is 11.9. The number of para-hydroxylation sites is 1. The quantitative estimate of drug-likeness (QED) is 0.723. The number of fused-ring (bicyclic) bond motifs is 1. The number of ether oxygens (including phenoxy) is 1. The average Bonchev–Trinajstić information content (AvgIpc) is 3.01. The molecule has 0 saturated carbocycles. The molecule has 0 spiro atoms. The van der Waals surface area contributed by atoms with Crippen LogP contribution in [-0.2, 0) is 17.8 Å². The van der Waals surface area contributed by atoms with Crippen LogP contribution in [-0.4, -0.2) is 52.3 Å². The van der Waals surface area contributed by atoms with Gasteiger partial charge in [-0.1, -0.05) is 44.2 Å². The predicted octanol–water partition coefficient (Wildman–Crippen LogP) is 3.08. The number of methoxy groups -OCH3 is 1. The first-order valence-corrected chi connectivity index (χ1v) is 10.7. The molecule has 0 fully saturated rings. The van der Waals surface area contributed by atoms with Gasteiger partial charge in [0.05, 0.1) is 13.2 Å². The number of nitrogens with one attached hydrogen (secondary N) is 1. The number of hydrogen-bond acceptors (Lipinski definition) is 5. The van der Waals surface area contributed by atoms with Gasteiger partial charge in [-0.2, -0.15) is 0 Å². The summed E-state index contributed by atoms with van der Waals surface area (Å²) in [5.41, 5.74) is 1.08. The molecule has 1 unspecified atom stereocenters. The zero-order valence-electron chi connectivity index (χ0n) is 18.5. The van der Waals surface area contributed by atoms with E-state index in [1.165, 1.54) is 0 Å². The Morgan fingerprint density at radius 1 is 1.23 bits per heavy atom. The van der Waals surface area contributed by atoms with E-state index in [0.717, 1.165) is 62.0 Å². The molecule has 1 aromatic carbocycles. The molecule has 1 aromatic heterocycles. The fraction of sp³-hybridized carbons (Fsp3) is 0.522. The van der Waals surface area contributed by atoms with Crippen LogP contribution in [0.25, 0.3) is 6.08 Å². The van der Waals surface area contributed by atoms with Gasteiger partial charge in [0.1, 0.15) is 11.6 Å². The zero-order chi connectivity index (χ0) is 21.5. The van der Waals surface area contributed by atoms with Gasteiger partial charge >= 0.3 is 0 Å². The van der Waals surface area contributed by atoms with Gasteiger partial charge in [0.15, 0.2) is 5.82 Å². The monoisotopic (exact) mass is 411 g/mol. The molecule has 2 aromatic rings. The standard InChI is InChI=1S/C23H33N5O2/c1-17(2)16-20(24-18(3)29)23-26-25-22-11-13-27(14-15-28(22)23)12-7-9-19-8-5-6-10-21(19)30-4/h5-10,17,20H,11-16H2,1-4H3,(H,24,29). The maximum absolute atomic E-state index is 11.7. The summed E-state index contributed by atoms with van der Waals surface area (Å²) in [4.78, 5) is 14.1. The van der Waals surface area contributed by atoms with E-state index in [1.807, 2.05) is 18.2 Å². The third-order valence-corrected chi connectivity index (χ3v) is 5.34. The minimum Gasteiger partial charge on any atom is -0.496 e. The molecule has 1 aliphatic heterocycles. The number of hydrogen-bond donors (Lipinski definition) is 1. The van der Waals surface area contributed by atoms with E-state index in [2.05, 4.69) is 57.0 Å². The van der Waals surface area contributed by atoms with Crippen molar-refractivity contribution in [3.05, 3.63) is 47.6 Å². The fourth-order valence-corrected chi connectivity index (χ4v) is 3.91. The minimum absolute atomic E-state index is 0.0327. The van der Waals surface area contributed by atoms with Crippen molar-refractivity contribution in [3.63, 3.8) is 0 Å². The summed E-state index contributed by atoms with van der Waals surface area (Å²) < 4.78 is 7.62. The summed E-state index contributed by atoms with van der Waals surface area (Å²) >= 11 is 0. The van der Waals surface area contributed by atoms with Crippen molar-refractivity contribution in [2.45, 2.75) is 46.2 Å². The van der Waals surface area contributed by atoms with Crippen LogP contribution >= 0.6 is 0 Å². The Labute approximate surface area is 179 Å². The Morgan fingerprint density at radius 3 is 2.77 bits per heavy atom.